The molecule has 0 heterocycles. The molecular formula is C21H33NO3. The summed E-state index contributed by atoms with van der Waals surface area (Å²) in [4.78, 5) is 14.7. The first-order valence-corrected chi connectivity index (χ1v) is 9.65. The Kier molecular flexibility index (Phi) is 7.30. The topological polar surface area (TPSA) is 38.8 Å². The summed E-state index contributed by atoms with van der Waals surface area (Å²) >= 11 is 0. The van der Waals surface area contributed by atoms with Crippen molar-refractivity contribution >= 4 is 5.97 Å². The van der Waals surface area contributed by atoms with E-state index in [4.69, 9.17) is 9.47 Å². The Morgan fingerprint density at radius 3 is 2.24 bits per heavy atom. The minimum absolute atomic E-state index is 0.282. The van der Waals surface area contributed by atoms with Crippen molar-refractivity contribution < 1.29 is 14.3 Å². The molecule has 1 aromatic rings. The zero-order chi connectivity index (χ0) is 18.4. The lowest BCUT2D eigenvalue weighted by molar-refractivity contribution is 0.0520. The number of benzene rings is 1. The number of nitrogens with zero attached hydrogens (tertiary/aromatic N) is 1. The molecule has 0 bridgehead atoms. The Morgan fingerprint density at radius 2 is 1.68 bits per heavy atom. The zero-order valence-electron chi connectivity index (χ0n) is 16.4. The van der Waals surface area contributed by atoms with Crippen molar-refractivity contribution in [3.63, 3.8) is 0 Å². The lowest BCUT2D eigenvalue weighted by atomic mass is 9.90. The minimum atomic E-state index is -0.282. The molecule has 4 nitrogen and oxygen atoms in total. The minimum Gasteiger partial charge on any atom is -0.491 e. The molecule has 2 rings (SSSR count). The Labute approximate surface area is 152 Å². The van der Waals surface area contributed by atoms with Crippen LogP contribution in [0, 0.1) is 0 Å². The molecule has 25 heavy (non-hydrogen) atoms. The van der Waals surface area contributed by atoms with Gasteiger partial charge in [-0.05, 0) is 83.6 Å². The van der Waals surface area contributed by atoms with E-state index >= 15 is 0 Å². The molecule has 1 aliphatic carbocycles. The molecule has 0 atom stereocenters. The van der Waals surface area contributed by atoms with E-state index in [1.807, 2.05) is 13.0 Å². The fraction of sp³-hybridized carbons (Fsp3) is 0.667. The second kappa shape index (κ2) is 9.23. The van der Waals surface area contributed by atoms with Gasteiger partial charge in [-0.2, -0.15) is 0 Å². The SMILES string of the molecule is CCOC(=O)c1cc2c(cc1OCCN(C(C)C)C(C)C)CCCC2. The maximum atomic E-state index is 12.4. The summed E-state index contributed by atoms with van der Waals surface area (Å²) in [6.45, 7) is 12.4. The number of esters is 1. The van der Waals surface area contributed by atoms with Crippen LogP contribution < -0.4 is 4.74 Å². The van der Waals surface area contributed by atoms with Gasteiger partial charge in [-0.3, -0.25) is 4.90 Å². The number of carbonyl (C=O) groups excluding carboxylic acids is 1. The molecule has 0 unspecified atom stereocenters. The molecule has 0 aromatic heterocycles. The average molecular weight is 347 g/mol. The van der Waals surface area contributed by atoms with Crippen molar-refractivity contribution in [1.29, 1.82) is 0 Å². The zero-order valence-corrected chi connectivity index (χ0v) is 16.4. The number of carbonyl (C=O) groups is 1. The predicted octanol–water partition coefficient (Wildman–Crippen LogP) is 4.24. The lowest BCUT2D eigenvalue weighted by Crippen LogP contribution is -2.39. The number of rotatable bonds is 8. The first-order chi connectivity index (χ1) is 11.9. The van der Waals surface area contributed by atoms with Gasteiger partial charge >= 0.3 is 5.97 Å². The van der Waals surface area contributed by atoms with Crippen LogP contribution in [0.25, 0.3) is 0 Å². The van der Waals surface area contributed by atoms with Gasteiger partial charge in [-0.15, -0.1) is 0 Å². The van der Waals surface area contributed by atoms with Crippen molar-refractivity contribution in [2.24, 2.45) is 0 Å². The molecule has 0 N–H and O–H groups in total. The van der Waals surface area contributed by atoms with Crippen LogP contribution in [0.2, 0.25) is 0 Å². The molecule has 1 aromatic carbocycles. The van der Waals surface area contributed by atoms with E-state index in [-0.39, 0.29) is 5.97 Å². The molecule has 4 heteroatoms. The molecule has 0 spiro atoms. The van der Waals surface area contributed by atoms with Gasteiger partial charge in [-0.25, -0.2) is 4.79 Å². The van der Waals surface area contributed by atoms with Crippen LogP contribution in [0.5, 0.6) is 5.75 Å². The number of hydrogen-bond donors (Lipinski definition) is 0. The number of fused-ring (bicyclic) bond motifs is 1. The Bertz CT molecular complexity index is 573. The molecule has 0 saturated heterocycles. The van der Waals surface area contributed by atoms with Crippen LogP contribution in [0.15, 0.2) is 12.1 Å². The summed E-state index contributed by atoms with van der Waals surface area (Å²) < 4.78 is 11.3. The van der Waals surface area contributed by atoms with E-state index in [1.54, 1.807) is 0 Å². The van der Waals surface area contributed by atoms with E-state index in [0.29, 0.717) is 36.6 Å². The Balaban J connectivity index is 2.15. The highest BCUT2D eigenvalue weighted by Gasteiger charge is 2.20. The molecule has 0 fully saturated rings. The van der Waals surface area contributed by atoms with Gasteiger partial charge in [0.05, 0.1) is 6.61 Å². The monoisotopic (exact) mass is 347 g/mol. The van der Waals surface area contributed by atoms with Gasteiger partial charge in [0.15, 0.2) is 0 Å². The second-order valence-electron chi connectivity index (χ2n) is 7.32. The maximum absolute atomic E-state index is 12.4. The van der Waals surface area contributed by atoms with Gasteiger partial charge in [0.1, 0.15) is 17.9 Å². The van der Waals surface area contributed by atoms with E-state index < -0.39 is 0 Å². The van der Waals surface area contributed by atoms with E-state index in [2.05, 4.69) is 38.7 Å². The van der Waals surface area contributed by atoms with Crippen molar-refractivity contribution in [2.75, 3.05) is 19.8 Å². The van der Waals surface area contributed by atoms with Crippen LogP contribution in [0.1, 0.15) is 68.9 Å². The number of aryl methyl sites for hydroxylation is 2. The quantitative estimate of drug-likeness (QED) is 0.659. The van der Waals surface area contributed by atoms with E-state index in [1.165, 1.54) is 24.0 Å². The van der Waals surface area contributed by atoms with Crippen LogP contribution in [-0.4, -0.2) is 42.7 Å². The van der Waals surface area contributed by atoms with Crippen molar-refractivity contribution in [3.8, 4) is 5.75 Å². The third-order valence-corrected chi connectivity index (χ3v) is 4.87. The summed E-state index contributed by atoms with van der Waals surface area (Å²) in [5.74, 6) is 0.391. The van der Waals surface area contributed by atoms with Crippen molar-refractivity contribution in [3.05, 3.63) is 28.8 Å². The van der Waals surface area contributed by atoms with E-state index in [9.17, 15) is 4.79 Å². The van der Waals surface area contributed by atoms with Gasteiger partial charge in [0.2, 0.25) is 0 Å². The van der Waals surface area contributed by atoms with Crippen molar-refractivity contribution in [1.82, 2.24) is 4.90 Å². The molecule has 140 valence electrons. The van der Waals surface area contributed by atoms with Crippen LogP contribution >= 0.6 is 0 Å². The lowest BCUT2D eigenvalue weighted by Gasteiger charge is -2.30. The Hall–Kier alpha value is -1.55. The summed E-state index contributed by atoms with van der Waals surface area (Å²) in [6.07, 6.45) is 4.50. The first kappa shape index (κ1) is 19.8. The fourth-order valence-electron chi connectivity index (χ4n) is 3.62. The highest BCUT2D eigenvalue weighted by molar-refractivity contribution is 5.93. The predicted molar refractivity (Wildman–Crippen MR) is 102 cm³/mol. The smallest absolute Gasteiger partial charge is 0.341 e. The normalized spacial score (nSPS) is 14.1. The first-order valence-electron chi connectivity index (χ1n) is 9.65. The fourth-order valence-corrected chi connectivity index (χ4v) is 3.62. The van der Waals surface area contributed by atoms with Crippen molar-refractivity contribution in [2.45, 2.75) is 72.4 Å². The largest absolute Gasteiger partial charge is 0.491 e. The van der Waals surface area contributed by atoms with Gasteiger partial charge in [0.25, 0.3) is 0 Å². The summed E-state index contributed by atoms with van der Waals surface area (Å²) in [6, 6.07) is 4.99. The number of ether oxygens (including phenoxy) is 2. The maximum Gasteiger partial charge on any atom is 0.341 e. The summed E-state index contributed by atoms with van der Waals surface area (Å²) in [7, 11) is 0. The molecule has 0 saturated carbocycles. The standard InChI is InChI=1S/C21H33NO3/c1-6-24-21(23)19-13-17-9-7-8-10-18(17)14-20(19)25-12-11-22(15(2)3)16(4)5/h13-16H,6-12H2,1-5H3. The molecule has 0 amide bonds. The van der Waals surface area contributed by atoms with Crippen LogP contribution in [0.3, 0.4) is 0 Å². The highest BCUT2D eigenvalue weighted by atomic mass is 16.5. The third kappa shape index (κ3) is 5.21. The second-order valence-corrected chi connectivity index (χ2v) is 7.32. The summed E-state index contributed by atoms with van der Waals surface area (Å²) in [5.41, 5.74) is 3.16. The molecule has 1 aliphatic rings. The average Bonchev–Trinajstić information content (AvgIpc) is 2.57. The van der Waals surface area contributed by atoms with Gasteiger partial charge in [0, 0.05) is 18.6 Å². The highest BCUT2D eigenvalue weighted by Crippen LogP contribution is 2.30. The Morgan fingerprint density at radius 1 is 1.08 bits per heavy atom. The van der Waals surface area contributed by atoms with Gasteiger partial charge < -0.3 is 9.47 Å². The third-order valence-electron chi connectivity index (χ3n) is 4.87. The number of hydrogen-bond acceptors (Lipinski definition) is 4. The van der Waals surface area contributed by atoms with E-state index in [0.717, 1.165) is 19.4 Å². The molecular weight excluding hydrogens is 314 g/mol. The van der Waals surface area contributed by atoms with Crippen LogP contribution in [-0.2, 0) is 17.6 Å². The molecule has 0 radical (unpaired) electrons. The van der Waals surface area contributed by atoms with Gasteiger partial charge in [-0.1, -0.05) is 0 Å². The van der Waals surface area contributed by atoms with Crippen LogP contribution in [0.4, 0.5) is 0 Å². The summed E-state index contributed by atoms with van der Waals surface area (Å²) in [5, 5.41) is 0. The molecule has 0 aliphatic heterocycles.